The molecule has 7 N–H and O–H groups in total. The minimum atomic E-state index is -0.773. The quantitative estimate of drug-likeness (QED) is 0.405. The molecule has 0 bridgehead atoms. The third kappa shape index (κ3) is 5.86. The standard InChI is InChI=1S/C18H19ClN4O5/c19-15-6-5-13(25)7-14(15)17(27)22-12(9-24)8-21-16(26)10-1-3-11(4-2-10)23-18(20)28/h1-7,12,24-25H,8-9H2,(H,21,26)(H,22,27)(H3,20,23,28)/t12-/m1/s1. The van der Waals surface area contributed by atoms with E-state index in [0.29, 0.717) is 11.3 Å². The molecular weight excluding hydrogens is 388 g/mol. The van der Waals surface area contributed by atoms with E-state index in [1.165, 1.54) is 42.5 Å². The molecule has 0 aliphatic rings. The first-order chi connectivity index (χ1) is 13.3. The monoisotopic (exact) mass is 406 g/mol. The highest BCUT2D eigenvalue weighted by molar-refractivity contribution is 6.33. The molecule has 0 aliphatic heterocycles. The van der Waals surface area contributed by atoms with Crippen molar-refractivity contribution in [1.29, 1.82) is 0 Å². The lowest BCUT2D eigenvalue weighted by Crippen LogP contribution is -2.45. The van der Waals surface area contributed by atoms with E-state index >= 15 is 0 Å². The van der Waals surface area contributed by atoms with Crippen LogP contribution in [0.1, 0.15) is 20.7 Å². The molecule has 148 valence electrons. The predicted molar refractivity (Wildman–Crippen MR) is 103 cm³/mol. The summed E-state index contributed by atoms with van der Waals surface area (Å²) in [5.41, 5.74) is 5.81. The predicted octanol–water partition coefficient (Wildman–Crippen LogP) is 1.06. The van der Waals surface area contributed by atoms with Crippen LogP contribution in [0, 0.1) is 0 Å². The van der Waals surface area contributed by atoms with Gasteiger partial charge in [-0.25, -0.2) is 4.79 Å². The third-order valence-electron chi connectivity index (χ3n) is 3.67. The molecule has 0 heterocycles. The molecule has 10 heteroatoms. The minimum Gasteiger partial charge on any atom is -0.508 e. The Morgan fingerprint density at radius 3 is 2.36 bits per heavy atom. The average molecular weight is 407 g/mol. The van der Waals surface area contributed by atoms with E-state index in [2.05, 4.69) is 16.0 Å². The molecule has 0 saturated carbocycles. The summed E-state index contributed by atoms with van der Waals surface area (Å²) in [6.07, 6.45) is 0. The number of nitrogens with one attached hydrogen (secondary N) is 3. The highest BCUT2D eigenvalue weighted by Crippen LogP contribution is 2.21. The van der Waals surface area contributed by atoms with Gasteiger partial charge in [0.2, 0.25) is 0 Å². The number of amides is 4. The smallest absolute Gasteiger partial charge is 0.316 e. The Morgan fingerprint density at radius 2 is 1.75 bits per heavy atom. The summed E-state index contributed by atoms with van der Waals surface area (Å²) in [6.45, 7) is -0.470. The zero-order valence-electron chi connectivity index (χ0n) is 14.6. The molecule has 0 spiro atoms. The third-order valence-corrected chi connectivity index (χ3v) is 4.00. The van der Waals surface area contributed by atoms with E-state index in [0.717, 1.165) is 0 Å². The van der Waals surface area contributed by atoms with Gasteiger partial charge in [-0.15, -0.1) is 0 Å². The van der Waals surface area contributed by atoms with Gasteiger partial charge in [-0.1, -0.05) is 11.6 Å². The van der Waals surface area contributed by atoms with Crippen molar-refractivity contribution < 1.29 is 24.6 Å². The van der Waals surface area contributed by atoms with Crippen LogP contribution in [0.4, 0.5) is 10.5 Å². The molecule has 4 amide bonds. The van der Waals surface area contributed by atoms with E-state index in [9.17, 15) is 24.6 Å². The highest BCUT2D eigenvalue weighted by Gasteiger charge is 2.17. The summed E-state index contributed by atoms with van der Waals surface area (Å²) in [6, 6.07) is 8.41. The van der Waals surface area contributed by atoms with Crippen LogP contribution in [0.2, 0.25) is 5.02 Å². The second-order valence-corrected chi connectivity index (χ2v) is 6.20. The van der Waals surface area contributed by atoms with Crippen LogP contribution >= 0.6 is 11.6 Å². The number of aliphatic hydroxyl groups excluding tert-OH is 1. The van der Waals surface area contributed by atoms with E-state index in [1.54, 1.807) is 0 Å². The van der Waals surface area contributed by atoms with Crippen molar-refractivity contribution in [3.63, 3.8) is 0 Å². The number of phenolic OH excluding ortho intramolecular Hbond substituents is 1. The molecule has 2 aromatic carbocycles. The summed E-state index contributed by atoms with van der Waals surface area (Å²) >= 11 is 5.93. The highest BCUT2D eigenvalue weighted by atomic mass is 35.5. The first-order valence-corrected chi connectivity index (χ1v) is 8.53. The molecule has 0 aliphatic carbocycles. The molecule has 0 saturated heterocycles. The van der Waals surface area contributed by atoms with Crippen LogP contribution in [-0.4, -0.2) is 47.3 Å². The number of phenols is 1. The number of rotatable bonds is 7. The van der Waals surface area contributed by atoms with Crippen molar-refractivity contribution in [3.05, 3.63) is 58.6 Å². The summed E-state index contributed by atoms with van der Waals surface area (Å²) in [5.74, 6) is -1.16. The lowest BCUT2D eigenvalue weighted by molar-refractivity contribution is 0.0887. The number of aliphatic hydroxyl groups is 1. The number of benzene rings is 2. The number of carbonyl (C=O) groups is 3. The van der Waals surface area contributed by atoms with Crippen LogP contribution in [0.3, 0.4) is 0 Å². The number of halogens is 1. The molecule has 0 radical (unpaired) electrons. The Balaban J connectivity index is 1.93. The van der Waals surface area contributed by atoms with Gasteiger partial charge in [-0.05, 0) is 42.5 Å². The van der Waals surface area contributed by atoms with Gasteiger partial charge in [0.1, 0.15) is 5.75 Å². The largest absolute Gasteiger partial charge is 0.508 e. The lowest BCUT2D eigenvalue weighted by atomic mass is 10.1. The van der Waals surface area contributed by atoms with Crippen LogP contribution in [-0.2, 0) is 0 Å². The Morgan fingerprint density at radius 1 is 1.07 bits per heavy atom. The zero-order valence-corrected chi connectivity index (χ0v) is 15.4. The van der Waals surface area contributed by atoms with Gasteiger partial charge in [0, 0.05) is 17.8 Å². The number of hydrogen-bond acceptors (Lipinski definition) is 5. The molecule has 1 atom stereocenters. The van der Waals surface area contributed by atoms with Crippen molar-refractivity contribution in [3.8, 4) is 5.75 Å². The van der Waals surface area contributed by atoms with Gasteiger partial charge in [-0.3, -0.25) is 9.59 Å². The summed E-state index contributed by atoms with van der Waals surface area (Å²) in [5, 5.41) is 26.5. The van der Waals surface area contributed by atoms with Crippen LogP contribution in [0.5, 0.6) is 5.75 Å². The lowest BCUT2D eigenvalue weighted by Gasteiger charge is -2.17. The van der Waals surface area contributed by atoms with E-state index in [4.69, 9.17) is 17.3 Å². The molecule has 0 fully saturated rings. The van der Waals surface area contributed by atoms with Crippen LogP contribution in [0.25, 0.3) is 0 Å². The maximum absolute atomic E-state index is 12.3. The number of carbonyl (C=O) groups excluding carboxylic acids is 3. The van der Waals surface area contributed by atoms with Crippen LogP contribution < -0.4 is 21.7 Å². The summed E-state index contributed by atoms with van der Waals surface area (Å²) in [7, 11) is 0. The summed E-state index contributed by atoms with van der Waals surface area (Å²) < 4.78 is 0. The molecule has 9 nitrogen and oxygen atoms in total. The maximum Gasteiger partial charge on any atom is 0.316 e. The first kappa shape index (κ1) is 21.0. The van der Waals surface area contributed by atoms with Crippen molar-refractivity contribution in [2.75, 3.05) is 18.5 Å². The number of primary amides is 1. The summed E-state index contributed by atoms with van der Waals surface area (Å²) in [4.78, 5) is 35.2. The van der Waals surface area contributed by atoms with E-state index < -0.39 is 30.5 Å². The van der Waals surface area contributed by atoms with Crippen molar-refractivity contribution >= 4 is 35.1 Å². The average Bonchev–Trinajstić information content (AvgIpc) is 2.66. The fourth-order valence-corrected chi connectivity index (χ4v) is 2.48. The fraction of sp³-hybridized carbons (Fsp3) is 0.167. The van der Waals surface area contributed by atoms with Gasteiger partial charge < -0.3 is 31.9 Å². The minimum absolute atomic E-state index is 0.0429. The zero-order chi connectivity index (χ0) is 20.7. The maximum atomic E-state index is 12.3. The first-order valence-electron chi connectivity index (χ1n) is 8.15. The Bertz CT molecular complexity index is 873. The normalized spacial score (nSPS) is 11.4. The van der Waals surface area contributed by atoms with E-state index in [1.807, 2.05) is 0 Å². The van der Waals surface area contributed by atoms with Gasteiger partial charge >= 0.3 is 6.03 Å². The van der Waals surface area contributed by atoms with E-state index in [-0.39, 0.29) is 22.9 Å². The van der Waals surface area contributed by atoms with Crippen molar-refractivity contribution in [1.82, 2.24) is 10.6 Å². The number of aromatic hydroxyl groups is 1. The second-order valence-electron chi connectivity index (χ2n) is 5.79. The van der Waals surface area contributed by atoms with Crippen molar-refractivity contribution in [2.24, 2.45) is 5.73 Å². The SMILES string of the molecule is NC(=O)Nc1ccc(C(=O)NC[C@H](CO)NC(=O)c2cc(O)ccc2Cl)cc1. The van der Waals surface area contributed by atoms with Gasteiger partial charge in [0.05, 0.1) is 23.2 Å². The van der Waals surface area contributed by atoms with Gasteiger partial charge in [-0.2, -0.15) is 0 Å². The van der Waals surface area contributed by atoms with Gasteiger partial charge in [0.25, 0.3) is 11.8 Å². The molecular formula is C18H19ClN4O5. The molecule has 2 aromatic rings. The molecule has 0 aromatic heterocycles. The van der Waals surface area contributed by atoms with Gasteiger partial charge in [0.15, 0.2) is 0 Å². The van der Waals surface area contributed by atoms with Crippen LogP contribution in [0.15, 0.2) is 42.5 Å². The molecule has 2 rings (SSSR count). The number of hydrogen-bond donors (Lipinski definition) is 6. The number of urea groups is 1. The number of anilines is 1. The Labute approximate surface area is 165 Å². The molecule has 0 unspecified atom stereocenters. The second kappa shape index (κ2) is 9.58. The van der Waals surface area contributed by atoms with Crippen molar-refractivity contribution in [2.45, 2.75) is 6.04 Å². The fourth-order valence-electron chi connectivity index (χ4n) is 2.28. The topological polar surface area (TPSA) is 154 Å². The molecule has 28 heavy (non-hydrogen) atoms. The number of nitrogens with two attached hydrogens (primary N) is 1. The Hall–Kier alpha value is -3.30. The Kier molecular flexibility index (Phi) is 7.19.